The van der Waals surface area contributed by atoms with E-state index in [2.05, 4.69) is 11.1 Å². The Labute approximate surface area is 135 Å². The number of esters is 1. The number of ether oxygens (including phenoxy) is 1. The number of carbonyl (C=O) groups excluding carboxylic acids is 1. The van der Waals surface area contributed by atoms with Crippen molar-refractivity contribution in [1.82, 2.24) is 0 Å². The van der Waals surface area contributed by atoms with Crippen LogP contribution in [0.2, 0.25) is 0 Å². The Morgan fingerprint density at radius 3 is 2.70 bits per heavy atom. The molecule has 1 aromatic rings. The molecule has 0 bridgehead atoms. The van der Waals surface area contributed by atoms with Crippen molar-refractivity contribution in [2.24, 2.45) is 22.6 Å². The van der Waals surface area contributed by atoms with Crippen LogP contribution >= 0.6 is 0 Å². The second-order valence-corrected chi connectivity index (χ2v) is 6.07. The van der Waals surface area contributed by atoms with Crippen molar-refractivity contribution in [3.05, 3.63) is 47.2 Å². The van der Waals surface area contributed by atoms with E-state index >= 15 is 0 Å². The largest absolute Gasteiger partial charge is 0.462 e. The highest BCUT2D eigenvalue weighted by molar-refractivity contribution is 5.98. The molecule has 1 saturated carbocycles. The van der Waals surface area contributed by atoms with E-state index in [0.717, 1.165) is 18.4 Å². The molecular weight excluding hydrogens is 290 g/mol. The maximum Gasteiger partial charge on any atom is 0.336 e. The minimum Gasteiger partial charge on any atom is -0.462 e. The number of rotatable bonds is 4. The summed E-state index contributed by atoms with van der Waals surface area (Å²) in [7, 11) is 0. The first kappa shape index (κ1) is 15.3. The van der Waals surface area contributed by atoms with Crippen LogP contribution in [0.1, 0.15) is 31.2 Å². The maximum absolute atomic E-state index is 12.6. The summed E-state index contributed by atoms with van der Waals surface area (Å²) < 4.78 is 5.44. The van der Waals surface area contributed by atoms with Crippen LogP contribution in [0.3, 0.4) is 0 Å². The average Bonchev–Trinajstić information content (AvgIpc) is 3.37. The van der Waals surface area contributed by atoms with E-state index in [1.165, 1.54) is 0 Å². The Morgan fingerprint density at radius 2 is 2.09 bits per heavy atom. The van der Waals surface area contributed by atoms with Gasteiger partial charge in [0.15, 0.2) is 0 Å². The Kier molecular flexibility index (Phi) is 4.16. The van der Waals surface area contributed by atoms with Gasteiger partial charge in [-0.3, -0.25) is 0 Å². The molecule has 0 spiro atoms. The zero-order chi connectivity index (χ0) is 16.4. The second kappa shape index (κ2) is 6.25. The van der Waals surface area contributed by atoms with Crippen molar-refractivity contribution < 1.29 is 9.53 Å². The summed E-state index contributed by atoms with van der Waals surface area (Å²) in [5.74, 6) is -0.758. The summed E-state index contributed by atoms with van der Waals surface area (Å²) in [4.78, 5) is 16.8. The molecular formula is C18H19N3O2. The molecule has 2 unspecified atom stereocenters. The summed E-state index contributed by atoms with van der Waals surface area (Å²) in [6.07, 6.45) is 2.22. The number of allylic oxidation sites excluding steroid dienone is 1. The van der Waals surface area contributed by atoms with E-state index in [-0.39, 0.29) is 11.8 Å². The van der Waals surface area contributed by atoms with E-state index in [9.17, 15) is 10.1 Å². The topological polar surface area (TPSA) is 88.5 Å². The maximum atomic E-state index is 12.6. The number of aliphatic imine (C=N–C) groups is 1. The van der Waals surface area contributed by atoms with Crippen LogP contribution in [0, 0.1) is 23.2 Å². The summed E-state index contributed by atoms with van der Waals surface area (Å²) >= 11 is 0. The molecule has 2 atom stereocenters. The van der Waals surface area contributed by atoms with E-state index in [0.29, 0.717) is 23.8 Å². The van der Waals surface area contributed by atoms with Crippen molar-refractivity contribution in [2.45, 2.75) is 25.7 Å². The SMILES string of the molecule is CC1=C(C(=O)OCC2CC2)C(c2ccccc2)C(C#N)C(N)=N1. The summed E-state index contributed by atoms with van der Waals surface area (Å²) in [6.45, 7) is 2.18. The van der Waals surface area contributed by atoms with Gasteiger partial charge in [-0.25, -0.2) is 9.79 Å². The third-order valence-electron chi connectivity index (χ3n) is 4.31. The zero-order valence-corrected chi connectivity index (χ0v) is 13.0. The lowest BCUT2D eigenvalue weighted by atomic mass is 9.78. The number of carbonyl (C=O) groups is 1. The molecule has 1 aliphatic carbocycles. The van der Waals surface area contributed by atoms with Gasteiger partial charge in [0.05, 0.1) is 23.9 Å². The van der Waals surface area contributed by atoms with Crippen LogP contribution in [0.5, 0.6) is 0 Å². The lowest BCUT2D eigenvalue weighted by Gasteiger charge is -2.28. The van der Waals surface area contributed by atoms with Crippen molar-refractivity contribution in [1.29, 1.82) is 5.26 Å². The van der Waals surface area contributed by atoms with E-state index in [4.69, 9.17) is 10.5 Å². The molecule has 0 radical (unpaired) electrons. The standard InChI is InChI=1S/C18H19N3O2/c1-11-15(18(22)23-10-12-7-8-12)16(13-5-3-2-4-6-13)14(9-19)17(20)21-11/h2-6,12,14,16H,7-8,10H2,1H3,(H2,20,21). The molecule has 0 aromatic heterocycles. The number of nitriles is 1. The molecule has 5 nitrogen and oxygen atoms in total. The highest BCUT2D eigenvalue weighted by Crippen LogP contribution is 2.38. The third-order valence-corrected chi connectivity index (χ3v) is 4.31. The first-order chi connectivity index (χ1) is 11.1. The molecule has 3 rings (SSSR count). The van der Waals surface area contributed by atoms with Crippen LogP contribution < -0.4 is 5.73 Å². The van der Waals surface area contributed by atoms with Gasteiger partial charge >= 0.3 is 5.97 Å². The molecule has 118 valence electrons. The van der Waals surface area contributed by atoms with Gasteiger partial charge in [-0.1, -0.05) is 30.3 Å². The Bertz CT molecular complexity index is 712. The normalized spacial score (nSPS) is 23.9. The van der Waals surface area contributed by atoms with Gasteiger partial charge in [-0.15, -0.1) is 0 Å². The van der Waals surface area contributed by atoms with Crippen molar-refractivity contribution in [3.63, 3.8) is 0 Å². The molecule has 1 aromatic carbocycles. The molecule has 0 saturated heterocycles. The van der Waals surface area contributed by atoms with E-state index in [1.54, 1.807) is 6.92 Å². The van der Waals surface area contributed by atoms with Crippen LogP contribution in [-0.2, 0) is 9.53 Å². The Balaban J connectivity index is 1.98. The van der Waals surface area contributed by atoms with Crippen LogP contribution in [-0.4, -0.2) is 18.4 Å². The first-order valence-corrected chi connectivity index (χ1v) is 7.78. The fourth-order valence-electron chi connectivity index (χ4n) is 2.88. The summed E-state index contributed by atoms with van der Waals surface area (Å²) in [5, 5.41) is 9.52. The number of nitrogens with zero attached hydrogens (tertiary/aromatic N) is 2. The lowest BCUT2D eigenvalue weighted by molar-refractivity contribution is -0.140. The predicted octanol–water partition coefficient (Wildman–Crippen LogP) is 2.51. The molecule has 1 fully saturated rings. The monoisotopic (exact) mass is 309 g/mol. The molecule has 2 aliphatic rings. The predicted molar refractivity (Wildman–Crippen MR) is 86.3 cm³/mol. The van der Waals surface area contributed by atoms with Gasteiger partial charge < -0.3 is 10.5 Å². The van der Waals surface area contributed by atoms with Gasteiger partial charge in [-0.2, -0.15) is 5.26 Å². The van der Waals surface area contributed by atoms with E-state index < -0.39 is 11.8 Å². The number of hydrogen-bond donors (Lipinski definition) is 1. The van der Waals surface area contributed by atoms with Gasteiger partial charge in [0.2, 0.25) is 0 Å². The highest BCUT2D eigenvalue weighted by atomic mass is 16.5. The van der Waals surface area contributed by atoms with Crippen molar-refractivity contribution in [3.8, 4) is 6.07 Å². The minimum atomic E-state index is -0.662. The summed E-state index contributed by atoms with van der Waals surface area (Å²) in [5.41, 5.74) is 7.79. The fourth-order valence-corrected chi connectivity index (χ4v) is 2.88. The average molecular weight is 309 g/mol. The van der Waals surface area contributed by atoms with Crippen molar-refractivity contribution >= 4 is 11.8 Å². The first-order valence-electron chi connectivity index (χ1n) is 7.78. The fraction of sp³-hybridized carbons (Fsp3) is 0.389. The number of benzene rings is 1. The molecule has 0 amide bonds. The minimum absolute atomic E-state index is 0.248. The number of nitrogens with two attached hydrogens (primary N) is 1. The smallest absolute Gasteiger partial charge is 0.336 e. The van der Waals surface area contributed by atoms with E-state index in [1.807, 2.05) is 30.3 Å². The quantitative estimate of drug-likeness (QED) is 0.865. The molecule has 5 heteroatoms. The third kappa shape index (κ3) is 3.11. The second-order valence-electron chi connectivity index (χ2n) is 6.07. The molecule has 23 heavy (non-hydrogen) atoms. The van der Waals surface area contributed by atoms with Crippen LogP contribution in [0.4, 0.5) is 0 Å². The molecule has 1 aliphatic heterocycles. The number of hydrogen-bond acceptors (Lipinski definition) is 5. The Hall–Kier alpha value is -2.61. The van der Waals surface area contributed by atoms with Gasteiger partial charge in [-0.05, 0) is 31.2 Å². The van der Waals surface area contributed by atoms with Crippen LogP contribution in [0.15, 0.2) is 46.6 Å². The molecule has 2 N–H and O–H groups in total. The summed E-state index contributed by atoms with van der Waals surface area (Å²) in [6, 6.07) is 11.6. The molecule has 1 heterocycles. The van der Waals surface area contributed by atoms with Crippen molar-refractivity contribution in [2.75, 3.05) is 6.61 Å². The van der Waals surface area contributed by atoms with Crippen LogP contribution in [0.25, 0.3) is 0 Å². The van der Waals surface area contributed by atoms with Gasteiger partial charge in [0, 0.05) is 5.92 Å². The number of amidine groups is 1. The van der Waals surface area contributed by atoms with Gasteiger partial charge in [0.1, 0.15) is 11.8 Å². The highest BCUT2D eigenvalue weighted by Gasteiger charge is 2.38. The van der Waals surface area contributed by atoms with Gasteiger partial charge in [0.25, 0.3) is 0 Å². The lowest BCUT2D eigenvalue weighted by Crippen LogP contribution is -2.35. The Morgan fingerprint density at radius 1 is 1.39 bits per heavy atom. The zero-order valence-electron chi connectivity index (χ0n) is 13.0.